The number of anilines is 2. The van der Waals surface area contributed by atoms with E-state index in [0.29, 0.717) is 17.9 Å². The van der Waals surface area contributed by atoms with Crippen LogP contribution in [0.5, 0.6) is 0 Å². The lowest BCUT2D eigenvalue weighted by Gasteiger charge is -2.07. The lowest BCUT2D eigenvalue weighted by Crippen LogP contribution is -2.15. The van der Waals surface area contributed by atoms with Gasteiger partial charge in [0.05, 0.1) is 17.9 Å². The molecule has 1 aromatic carbocycles. The van der Waals surface area contributed by atoms with Crippen molar-refractivity contribution in [2.24, 2.45) is 0 Å². The fourth-order valence-electron chi connectivity index (χ4n) is 1.38. The largest absolute Gasteiger partial charge is 0.432 e. The third-order valence-corrected chi connectivity index (χ3v) is 2.25. The molecule has 0 unspecified atom stereocenters. The Balaban J connectivity index is 2.37. The standard InChI is InChI=1S/C10H12N4O/c11-8-3-1-2-7(9(8)12)6-14-4-5-15-10(14)13/h1-5,13H,6,11-12H2. The highest BCUT2D eigenvalue weighted by atomic mass is 16.3. The van der Waals surface area contributed by atoms with E-state index >= 15 is 0 Å². The minimum atomic E-state index is 0.0943. The minimum absolute atomic E-state index is 0.0943. The Morgan fingerprint density at radius 3 is 2.80 bits per heavy atom. The van der Waals surface area contributed by atoms with Gasteiger partial charge in [0.15, 0.2) is 0 Å². The molecule has 0 aliphatic rings. The third-order valence-electron chi connectivity index (χ3n) is 2.25. The second kappa shape index (κ2) is 3.53. The van der Waals surface area contributed by atoms with Crippen molar-refractivity contribution in [3.8, 4) is 0 Å². The van der Waals surface area contributed by atoms with Crippen molar-refractivity contribution < 1.29 is 4.42 Å². The van der Waals surface area contributed by atoms with Crippen LogP contribution in [0.15, 0.2) is 35.1 Å². The molecule has 5 N–H and O–H groups in total. The van der Waals surface area contributed by atoms with Crippen LogP contribution in [-0.2, 0) is 6.54 Å². The number of oxazole rings is 1. The molecule has 0 amide bonds. The van der Waals surface area contributed by atoms with E-state index in [9.17, 15) is 0 Å². The monoisotopic (exact) mass is 204 g/mol. The molecule has 0 saturated heterocycles. The molecule has 0 saturated carbocycles. The fraction of sp³-hybridized carbons (Fsp3) is 0.100. The Labute approximate surface area is 86.4 Å². The summed E-state index contributed by atoms with van der Waals surface area (Å²) in [5, 5.41) is 7.45. The van der Waals surface area contributed by atoms with Crippen LogP contribution in [0.1, 0.15) is 5.56 Å². The molecule has 2 aromatic rings. The maximum atomic E-state index is 7.45. The van der Waals surface area contributed by atoms with E-state index in [1.54, 1.807) is 16.8 Å². The first-order chi connectivity index (χ1) is 7.18. The Morgan fingerprint density at radius 2 is 2.13 bits per heavy atom. The summed E-state index contributed by atoms with van der Waals surface area (Å²) in [6.45, 7) is 0.492. The zero-order valence-corrected chi connectivity index (χ0v) is 8.10. The van der Waals surface area contributed by atoms with E-state index in [4.69, 9.17) is 21.3 Å². The van der Waals surface area contributed by atoms with Crippen LogP contribution >= 0.6 is 0 Å². The summed E-state index contributed by atoms with van der Waals surface area (Å²) in [6, 6.07) is 5.47. The van der Waals surface area contributed by atoms with E-state index in [1.165, 1.54) is 6.26 Å². The molecule has 5 nitrogen and oxygen atoms in total. The van der Waals surface area contributed by atoms with Crippen molar-refractivity contribution in [3.63, 3.8) is 0 Å². The second-order valence-corrected chi connectivity index (χ2v) is 3.26. The first-order valence-electron chi connectivity index (χ1n) is 4.50. The average molecular weight is 204 g/mol. The predicted molar refractivity (Wildman–Crippen MR) is 56.9 cm³/mol. The zero-order valence-electron chi connectivity index (χ0n) is 8.10. The van der Waals surface area contributed by atoms with Crippen molar-refractivity contribution in [2.45, 2.75) is 6.54 Å². The van der Waals surface area contributed by atoms with Crippen molar-refractivity contribution >= 4 is 11.4 Å². The number of nitrogen functional groups attached to an aromatic ring is 2. The first-order valence-corrected chi connectivity index (χ1v) is 4.50. The number of nitrogens with one attached hydrogen (secondary N) is 1. The molecule has 2 rings (SSSR count). The minimum Gasteiger partial charge on any atom is -0.432 e. The van der Waals surface area contributed by atoms with E-state index in [1.807, 2.05) is 12.1 Å². The lowest BCUT2D eigenvalue weighted by molar-refractivity contribution is 0.458. The van der Waals surface area contributed by atoms with Gasteiger partial charge in [0.25, 0.3) is 5.68 Å². The van der Waals surface area contributed by atoms with Gasteiger partial charge >= 0.3 is 0 Å². The molecule has 0 atom stereocenters. The average Bonchev–Trinajstić information content (AvgIpc) is 2.60. The van der Waals surface area contributed by atoms with Crippen LogP contribution in [0, 0.1) is 5.41 Å². The van der Waals surface area contributed by atoms with Crippen molar-refractivity contribution in [1.82, 2.24) is 4.57 Å². The number of hydrogen-bond acceptors (Lipinski definition) is 4. The number of benzene rings is 1. The molecule has 15 heavy (non-hydrogen) atoms. The number of nitrogens with two attached hydrogens (primary N) is 2. The summed E-state index contributed by atoms with van der Waals surface area (Å²) >= 11 is 0. The molecule has 1 aromatic heterocycles. The van der Waals surface area contributed by atoms with Crippen LogP contribution in [0.4, 0.5) is 11.4 Å². The lowest BCUT2D eigenvalue weighted by atomic mass is 10.1. The molecule has 0 aliphatic carbocycles. The van der Waals surface area contributed by atoms with Gasteiger partial charge < -0.3 is 15.9 Å². The summed E-state index contributed by atoms with van der Waals surface area (Å²) in [4.78, 5) is 0. The highest BCUT2D eigenvalue weighted by molar-refractivity contribution is 5.67. The normalized spacial score (nSPS) is 10.4. The van der Waals surface area contributed by atoms with Gasteiger partial charge in [-0.2, -0.15) is 0 Å². The van der Waals surface area contributed by atoms with E-state index in [-0.39, 0.29) is 5.68 Å². The summed E-state index contributed by atoms with van der Waals surface area (Å²) in [6.07, 6.45) is 3.15. The molecule has 1 heterocycles. The molecule has 0 aliphatic heterocycles. The summed E-state index contributed by atoms with van der Waals surface area (Å²) in [5.74, 6) is 0. The molecule has 0 radical (unpaired) electrons. The van der Waals surface area contributed by atoms with Gasteiger partial charge in [-0.25, -0.2) is 0 Å². The number of nitrogens with zero attached hydrogens (tertiary/aromatic N) is 1. The summed E-state index contributed by atoms with van der Waals surface area (Å²) in [5.41, 5.74) is 13.6. The molecular weight excluding hydrogens is 192 g/mol. The number of hydrogen-bond donors (Lipinski definition) is 3. The van der Waals surface area contributed by atoms with Crippen LogP contribution in [0.25, 0.3) is 0 Å². The maximum absolute atomic E-state index is 7.45. The van der Waals surface area contributed by atoms with Crippen LogP contribution < -0.4 is 17.2 Å². The van der Waals surface area contributed by atoms with Gasteiger partial charge in [0, 0.05) is 6.20 Å². The molecule has 0 fully saturated rings. The first kappa shape index (κ1) is 9.39. The fourth-order valence-corrected chi connectivity index (χ4v) is 1.38. The number of rotatable bonds is 2. The van der Waals surface area contributed by atoms with E-state index < -0.39 is 0 Å². The van der Waals surface area contributed by atoms with Crippen molar-refractivity contribution in [3.05, 3.63) is 41.9 Å². The van der Waals surface area contributed by atoms with Gasteiger partial charge in [0.2, 0.25) is 0 Å². The van der Waals surface area contributed by atoms with Crippen molar-refractivity contribution in [2.75, 3.05) is 11.5 Å². The van der Waals surface area contributed by atoms with Gasteiger partial charge in [-0.3, -0.25) is 9.98 Å². The SMILES string of the molecule is N=c1occn1Cc1cccc(N)c1N. The molecule has 0 spiro atoms. The Hall–Kier alpha value is -2.17. The Bertz CT molecular complexity index is 526. The highest BCUT2D eigenvalue weighted by Gasteiger charge is 2.03. The van der Waals surface area contributed by atoms with E-state index in [0.717, 1.165) is 5.56 Å². The highest BCUT2D eigenvalue weighted by Crippen LogP contribution is 2.19. The van der Waals surface area contributed by atoms with Crippen LogP contribution in [-0.4, -0.2) is 4.57 Å². The van der Waals surface area contributed by atoms with Crippen molar-refractivity contribution in [1.29, 1.82) is 5.41 Å². The molecule has 78 valence electrons. The van der Waals surface area contributed by atoms with Gasteiger partial charge in [-0.15, -0.1) is 0 Å². The smallest absolute Gasteiger partial charge is 0.293 e. The zero-order chi connectivity index (χ0) is 10.8. The molecule has 0 bridgehead atoms. The van der Waals surface area contributed by atoms with Gasteiger partial charge in [-0.1, -0.05) is 12.1 Å². The van der Waals surface area contributed by atoms with Crippen LogP contribution in [0.2, 0.25) is 0 Å². The van der Waals surface area contributed by atoms with Gasteiger partial charge in [0.1, 0.15) is 6.26 Å². The Kier molecular flexibility index (Phi) is 2.21. The summed E-state index contributed by atoms with van der Waals surface area (Å²) < 4.78 is 6.51. The molecule has 5 heteroatoms. The number of aromatic nitrogens is 1. The Morgan fingerprint density at radius 1 is 1.33 bits per heavy atom. The maximum Gasteiger partial charge on any atom is 0.293 e. The third kappa shape index (κ3) is 1.71. The summed E-state index contributed by atoms with van der Waals surface area (Å²) in [7, 11) is 0. The number of para-hydroxylation sites is 1. The second-order valence-electron chi connectivity index (χ2n) is 3.26. The van der Waals surface area contributed by atoms with Crippen LogP contribution in [0.3, 0.4) is 0 Å². The van der Waals surface area contributed by atoms with E-state index in [2.05, 4.69) is 0 Å². The topological polar surface area (TPSA) is 94.0 Å². The molecular formula is C10H12N4O. The van der Waals surface area contributed by atoms with Gasteiger partial charge in [-0.05, 0) is 11.6 Å². The predicted octanol–water partition coefficient (Wildman–Crippen LogP) is 0.773. The quantitative estimate of drug-likeness (QED) is 0.631.